The van der Waals surface area contributed by atoms with E-state index >= 15 is 0 Å². The monoisotopic (exact) mass is 468 g/mol. The van der Waals surface area contributed by atoms with Crippen molar-refractivity contribution in [2.45, 2.75) is 32.4 Å². The Morgan fingerprint density at radius 2 is 1.80 bits per heavy atom. The molecule has 0 unspecified atom stereocenters. The fourth-order valence-corrected chi connectivity index (χ4v) is 4.15. The fourth-order valence-electron chi connectivity index (χ4n) is 4.15. The Labute approximate surface area is 201 Å². The van der Waals surface area contributed by atoms with Crippen LogP contribution in [0.1, 0.15) is 29.5 Å². The van der Waals surface area contributed by atoms with Crippen LogP contribution in [0.15, 0.2) is 67.0 Å². The summed E-state index contributed by atoms with van der Waals surface area (Å²) in [7, 11) is 0. The Morgan fingerprint density at radius 1 is 0.971 bits per heavy atom. The molecule has 9 heteroatoms. The quantitative estimate of drug-likeness (QED) is 0.385. The lowest BCUT2D eigenvalue weighted by Gasteiger charge is -2.25. The maximum absolute atomic E-state index is 13.3. The number of rotatable bonds is 9. The molecule has 0 radical (unpaired) electrons. The molecule has 1 fully saturated rings. The number of aromatic amines is 1. The Morgan fingerprint density at radius 3 is 2.51 bits per heavy atom. The van der Waals surface area contributed by atoms with Gasteiger partial charge in [0.05, 0.1) is 6.42 Å². The molecule has 2 heterocycles. The number of tetrazole rings is 1. The standard InChI is InChI=1S/C26H24N6O3/c33-24(34)11-18-10-21(14-27-13-18)23-9-8-20(25-28-30-31-29-25)12-22(23)16-32(26(35)19-6-7-19)15-17-4-2-1-3-5-17/h1-5,8-10,12-14,19H,6-7,11,15-16H2,(H,33,34)(H,28,29,30,31). The summed E-state index contributed by atoms with van der Waals surface area (Å²) in [5.41, 5.74) is 4.99. The number of carboxylic acid groups (broad SMARTS) is 1. The third-order valence-corrected chi connectivity index (χ3v) is 5.99. The zero-order valence-corrected chi connectivity index (χ0v) is 19.0. The molecule has 4 aromatic rings. The van der Waals surface area contributed by atoms with Gasteiger partial charge in [0.1, 0.15) is 0 Å². The van der Waals surface area contributed by atoms with Crippen molar-refractivity contribution in [2.75, 3.05) is 0 Å². The number of benzene rings is 2. The third kappa shape index (κ3) is 5.40. The van der Waals surface area contributed by atoms with Crippen LogP contribution < -0.4 is 0 Å². The average Bonchev–Trinajstić information content (AvgIpc) is 3.57. The Hall–Kier alpha value is -4.40. The Bertz CT molecular complexity index is 1340. The molecule has 1 amide bonds. The highest BCUT2D eigenvalue weighted by atomic mass is 16.4. The zero-order chi connectivity index (χ0) is 24.2. The van der Waals surface area contributed by atoms with Gasteiger partial charge in [0, 0.05) is 42.5 Å². The SMILES string of the molecule is O=C(O)Cc1cncc(-c2ccc(-c3nn[nH]n3)cc2CN(Cc2ccccc2)C(=O)C2CC2)c1. The molecular formula is C26H24N6O3. The first-order valence-corrected chi connectivity index (χ1v) is 11.4. The molecule has 0 saturated heterocycles. The molecule has 0 atom stereocenters. The van der Waals surface area contributed by atoms with Crippen molar-refractivity contribution >= 4 is 11.9 Å². The van der Waals surface area contributed by atoms with E-state index in [2.05, 4.69) is 25.6 Å². The summed E-state index contributed by atoms with van der Waals surface area (Å²) >= 11 is 0. The van der Waals surface area contributed by atoms with E-state index in [0.29, 0.717) is 24.5 Å². The summed E-state index contributed by atoms with van der Waals surface area (Å²) in [5.74, 6) is -0.245. The number of pyridine rings is 1. The van der Waals surface area contributed by atoms with Gasteiger partial charge in [0.2, 0.25) is 11.7 Å². The summed E-state index contributed by atoms with van der Waals surface area (Å²) in [6.45, 7) is 0.883. The fraction of sp³-hybridized carbons (Fsp3) is 0.231. The van der Waals surface area contributed by atoms with Crippen molar-refractivity contribution < 1.29 is 14.7 Å². The number of aromatic nitrogens is 5. The van der Waals surface area contributed by atoms with Gasteiger partial charge in [-0.3, -0.25) is 14.6 Å². The van der Waals surface area contributed by atoms with Gasteiger partial charge >= 0.3 is 5.97 Å². The highest BCUT2D eigenvalue weighted by Crippen LogP contribution is 2.34. The van der Waals surface area contributed by atoms with Crippen LogP contribution in [0.2, 0.25) is 0 Å². The number of H-pyrrole nitrogens is 1. The summed E-state index contributed by atoms with van der Waals surface area (Å²) in [5, 5.41) is 23.5. The number of carboxylic acids is 1. The van der Waals surface area contributed by atoms with E-state index < -0.39 is 5.97 Å². The first kappa shape index (κ1) is 22.4. The van der Waals surface area contributed by atoms with Crippen molar-refractivity contribution in [1.29, 1.82) is 0 Å². The molecule has 176 valence electrons. The van der Waals surface area contributed by atoms with Crippen LogP contribution in [0.3, 0.4) is 0 Å². The van der Waals surface area contributed by atoms with Gasteiger partial charge in [0.15, 0.2) is 0 Å². The summed E-state index contributed by atoms with van der Waals surface area (Å²) < 4.78 is 0. The second kappa shape index (κ2) is 9.84. The smallest absolute Gasteiger partial charge is 0.307 e. The van der Waals surface area contributed by atoms with Gasteiger partial charge in [-0.15, -0.1) is 10.2 Å². The lowest BCUT2D eigenvalue weighted by molar-refractivity contribution is -0.136. The van der Waals surface area contributed by atoms with Crippen LogP contribution in [0.25, 0.3) is 22.5 Å². The normalized spacial score (nSPS) is 12.9. The Balaban J connectivity index is 1.54. The first-order valence-electron chi connectivity index (χ1n) is 11.4. The second-order valence-electron chi connectivity index (χ2n) is 8.71. The van der Waals surface area contributed by atoms with E-state index in [-0.39, 0.29) is 18.2 Å². The molecule has 0 spiro atoms. The number of aliphatic carboxylic acids is 1. The lowest BCUT2D eigenvalue weighted by atomic mass is 9.96. The van der Waals surface area contributed by atoms with Gasteiger partial charge in [-0.25, -0.2) is 0 Å². The molecule has 1 aliphatic rings. The predicted octanol–water partition coefficient (Wildman–Crippen LogP) is 3.49. The second-order valence-corrected chi connectivity index (χ2v) is 8.71. The highest BCUT2D eigenvalue weighted by Gasteiger charge is 2.33. The molecule has 35 heavy (non-hydrogen) atoms. The molecule has 0 bridgehead atoms. The Kier molecular flexibility index (Phi) is 6.30. The predicted molar refractivity (Wildman–Crippen MR) is 128 cm³/mol. The molecular weight excluding hydrogens is 444 g/mol. The molecule has 1 aliphatic carbocycles. The maximum Gasteiger partial charge on any atom is 0.307 e. The molecule has 5 rings (SSSR count). The van der Waals surface area contributed by atoms with Crippen molar-refractivity contribution in [3.63, 3.8) is 0 Å². The van der Waals surface area contributed by atoms with E-state index in [0.717, 1.165) is 40.7 Å². The summed E-state index contributed by atoms with van der Waals surface area (Å²) in [4.78, 5) is 30.6. The largest absolute Gasteiger partial charge is 0.481 e. The van der Waals surface area contributed by atoms with Gasteiger partial charge in [-0.1, -0.05) is 42.5 Å². The average molecular weight is 469 g/mol. The number of carbonyl (C=O) groups is 2. The van der Waals surface area contributed by atoms with Gasteiger partial charge in [-0.2, -0.15) is 5.21 Å². The lowest BCUT2D eigenvalue weighted by Crippen LogP contribution is -2.31. The van der Waals surface area contributed by atoms with Crippen LogP contribution in [0.5, 0.6) is 0 Å². The topological polar surface area (TPSA) is 125 Å². The van der Waals surface area contributed by atoms with Crippen LogP contribution in [0.4, 0.5) is 0 Å². The van der Waals surface area contributed by atoms with E-state index in [1.165, 1.54) is 0 Å². The van der Waals surface area contributed by atoms with Crippen LogP contribution in [-0.4, -0.2) is 47.5 Å². The van der Waals surface area contributed by atoms with Gasteiger partial charge < -0.3 is 10.0 Å². The van der Waals surface area contributed by atoms with Gasteiger partial charge in [0.25, 0.3) is 0 Å². The zero-order valence-electron chi connectivity index (χ0n) is 19.0. The van der Waals surface area contributed by atoms with Crippen molar-refractivity contribution in [3.8, 4) is 22.5 Å². The molecule has 0 aliphatic heterocycles. The van der Waals surface area contributed by atoms with E-state index in [1.807, 2.05) is 59.5 Å². The first-order chi connectivity index (χ1) is 17.1. The van der Waals surface area contributed by atoms with Crippen LogP contribution in [0, 0.1) is 5.92 Å². The maximum atomic E-state index is 13.3. The number of hydrogen-bond acceptors (Lipinski definition) is 6. The van der Waals surface area contributed by atoms with Crippen LogP contribution >= 0.6 is 0 Å². The molecule has 1 saturated carbocycles. The van der Waals surface area contributed by atoms with E-state index in [4.69, 9.17) is 0 Å². The number of hydrogen-bond donors (Lipinski definition) is 2. The minimum atomic E-state index is -0.916. The summed E-state index contributed by atoms with van der Waals surface area (Å²) in [6.07, 6.45) is 4.99. The minimum absolute atomic E-state index is 0.0723. The van der Waals surface area contributed by atoms with Gasteiger partial charge in [-0.05, 0) is 52.4 Å². The number of carbonyl (C=O) groups excluding carboxylic acids is 1. The van der Waals surface area contributed by atoms with Crippen molar-refractivity contribution in [1.82, 2.24) is 30.5 Å². The molecule has 9 nitrogen and oxygen atoms in total. The minimum Gasteiger partial charge on any atom is -0.481 e. The molecule has 2 aromatic carbocycles. The van der Waals surface area contributed by atoms with E-state index in [9.17, 15) is 14.7 Å². The van der Waals surface area contributed by atoms with Crippen LogP contribution in [-0.2, 0) is 29.1 Å². The third-order valence-electron chi connectivity index (χ3n) is 5.99. The molecule has 2 N–H and O–H groups in total. The number of nitrogens with zero attached hydrogens (tertiary/aromatic N) is 5. The summed E-state index contributed by atoms with van der Waals surface area (Å²) in [6, 6.07) is 17.5. The van der Waals surface area contributed by atoms with Crippen molar-refractivity contribution in [3.05, 3.63) is 83.7 Å². The number of amides is 1. The highest BCUT2D eigenvalue weighted by molar-refractivity contribution is 5.82. The number of nitrogens with one attached hydrogen (secondary N) is 1. The van der Waals surface area contributed by atoms with E-state index in [1.54, 1.807) is 12.4 Å². The van der Waals surface area contributed by atoms with Crippen molar-refractivity contribution in [2.24, 2.45) is 5.92 Å². The molecule has 2 aromatic heterocycles.